The Kier molecular flexibility index (Phi) is 5.34. The molecular weight excluding hydrogens is 248 g/mol. The van der Waals surface area contributed by atoms with E-state index in [2.05, 4.69) is 0 Å². The van der Waals surface area contributed by atoms with Gasteiger partial charge < -0.3 is 19.4 Å². The van der Waals surface area contributed by atoms with Gasteiger partial charge in [0.1, 0.15) is 6.29 Å². The SMILES string of the molecule is O=CC[C@@H]1[C@H](COCCCCC(=O)O)[C@@H]2CC[C@H]1O2. The highest BCUT2D eigenvalue weighted by atomic mass is 16.5. The molecule has 2 aliphatic rings. The molecule has 0 unspecified atom stereocenters. The molecule has 0 radical (unpaired) electrons. The summed E-state index contributed by atoms with van der Waals surface area (Å²) in [5.41, 5.74) is 0. The van der Waals surface area contributed by atoms with Crippen molar-refractivity contribution in [3.63, 3.8) is 0 Å². The first kappa shape index (κ1) is 14.5. The van der Waals surface area contributed by atoms with Crippen LogP contribution in [-0.4, -0.2) is 42.8 Å². The smallest absolute Gasteiger partial charge is 0.303 e. The van der Waals surface area contributed by atoms with Crippen LogP contribution < -0.4 is 0 Å². The third kappa shape index (κ3) is 3.76. The average Bonchev–Trinajstić information content (AvgIpc) is 2.95. The van der Waals surface area contributed by atoms with Gasteiger partial charge >= 0.3 is 5.97 Å². The summed E-state index contributed by atoms with van der Waals surface area (Å²) in [5, 5.41) is 8.52. The molecule has 0 aromatic rings. The molecule has 4 atom stereocenters. The van der Waals surface area contributed by atoms with Crippen LogP contribution in [0.5, 0.6) is 0 Å². The fourth-order valence-corrected chi connectivity index (χ4v) is 3.24. The summed E-state index contributed by atoms with van der Waals surface area (Å²) in [6, 6.07) is 0. The lowest BCUT2D eigenvalue weighted by molar-refractivity contribution is -0.137. The third-order valence-electron chi connectivity index (χ3n) is 4.20. The Morgan fingerprint density at radius 2 is 2.00 bits per heavy atom. The van der Waals surface area contributed by atoms with Gasteiger partial charge in [-0.05, 0) is 31.6 Å². The maximum absolute atomic E-state index is 10.7. The molecular formula is C14H22O5. The van der Waals surface area contributed by atoms with Crippen molar-refractivity contribution in [3.05, 3.63) is 0 Å². The van der Waals surface area contributed by atoms with Crippen LogP contribution in [0.2, 0.25) is 0 Å². The van der Waals surface area contributed by atoms with E-state index in [1.807, 2.05) is 0 Å². The number of carboxylic acids is 1. The van der Waals surface area contributed by atoms with Gasteiger partial charge in [-0.25, -0.2) is 0 Å². The second-order valence-electron chi connectivity index (χ2n) is 5.45. The van der Waals surface area contributed by atoms with E-state index in [1.165, 1.54) is 0 Å². The van der Waals surface area contributed by atoms with E-state index in [0.29, 0.717) is 37.9 Å². The summed E-state index contributed by atoms with van der Waals surface area (Å²) in [7, 11) is 0. The van der Waals surface area contributed by atoms with Crippen molar-refractivity contribution in [2.24, 2.45) is 11.8 Å². The number of ether oxygens (including phenoxy) is 2. The maximum Gasteiger partial charge on any atom is 0.303 e. The van der Waals surface area contributed by atoms with Crippen LogP contribution in [-0.2, 0) is 19.1 Å². The molecule has 108 valence electrons. The zero-order valence-corrected chi connectivity index (χ0v) is 11.1. The number of carbonyl (C=O) groups excluding carboxylic acids is 1. The van der Waals surface area contributed by atoms with E-state index in [-0.39, 0.29) is 18.6 Å². The molecule has 0 aliphatic carbocycles. The summed E-state index contributed by atoms with van der Waals surface area (Å²) in [5.74, 6) is -0.105. The molecule has 5 heteroatoms. The molecule has 2 heterocycles. The molecule has 2 fully saturated rings. The fourth-order valence-electron chi connectivity index (χ4n) is 3.24. The number of carbonyl (C=O) groups is 2. The number of aldehydes is 1. The zero-order chi connectivity index (χ0) is 13.7. The quantitative estimate of drug-likeness (QED) is 0.509. The van der Waals surface area contributed by atoms with Gasteiger partial charge in [-0.3, -0.25) is 4.79 Å². The predicted molar refractivity (Wildman–Crippen MR) is 67.9 cm³/mol. The minimum absolute atomic E-state index is 0.203. The Hall–Kier alpha value is -0.940. The number of carboxylic acid groups (broad SMARTS) is 1. The highest BCUT2D eigenvalue weighted by Crippen LogP contribution is 2.44. The van der Waals surface area contributed by atoms with Crippen LogP contribution in [0, 0.1) is 11.8 Å². The molecule has 2 bridgehead atoms. The summed E-state index contributed by atoms with van der Waals surface area (Å²) >= 11 is 0. The molecule has 2 aliphatic heterocycles. The standard InChI is InChI=1S/C14H22O5/c15-7-6-10-11(13-5-4-12(10)19-13)9-18-8-2-1-3-14(16)17/h7,10-13H,1-6,8-9H2,(H,16,17)/t10-,11+,12-,13+/m1/s1. The van der Waals surface area contributed by atoms with Crippen molar-refractivity contribution in [2.75, 3.05) is 13.2 Å². The summed E-state index contributed by atoms with van der Waals surface area (Å²) in [6.45, 7) is 1.22. The largest absolute Gasteiger partial charge is 0.481 e. The lowest BCUT2D eigenvalue weighted by Crippen LogP contribution is -2.31. The highest BCUT2D eigenvalue weighted by molar-refractivity contribution is 5.66. The topological polar surface area (TPSA) is 72.8 Å². The Morgan fingerprint density at radius 3 is 2.68 bits per heavy atom. The number of hydrogen-bond donors (Lipinski definition) is 1. The Morgan fingerprint density at radius 1 is 1.26 bits per heavy atom. The number of unbranched alkanes of at least 4 members (excludes halogenated alkanes) is 1. The normalized spacial score (nSPS) is 32.6. The van der Waals surface area contributed by atoms with E-state index >= 15 is 0 Å². The highest BCUT2D eigenvalue weighted by Gasteiger charge is 2.48. The lowest BCUT2D eigenvalue weighted by atomic mass is 9.78. The molecule has 0 saturated carbocycles. The second-order valence-corrected chi connectivity index (χ2v) is 5.45. The van der Waals surface area contributed by atoms with Gasteiger partial charge in [0.05, 0.1) is 18.8 Å². The molecule has 19 heavy (non-hydrogen) atoms. The number of rotatable bonds is 9. The first-order valence-electron chi connectivity index (χ1n) is 7.11. The molecule has 2 saturated heterocycles. The Labute approximate surface area is 113 Å². The number of hydrogen-bond acceptors (Lipinski definition) is 4. The van der Waals surface area contributed by atoms with Gasteiger partial charge in [-0.2, -0.15) is 0 Å². The van der Waals surface area contributed by atoms with E-state index < -0.39 is 5.97 Å². The minimum Gasteiger partial charge on any atom is -0.481 e. The molecule has 1 N–H and O–H groups in total. The fraction of sp³-hybridized carbons (Fsp3) is 0.857. The van der Waals surface area contributed by atoms with Gasteiger partial charge in [-0.15, -0.1) is 0 Å². The van der Waals surface area contributed by atoms with Crippen molar-refractivity contribution >= 4 is 12.3 Å². The van der Waals surface area contributed by atoms with Crippen LogP contribution >= 0.6 is 0 Å². The molecule has 5 nitrogen and oxygen atoms in total. The van der Waals surface area contributed by atoms with Gasteiger partial charge in [0.2, 0.25) is 0 Å². The minimum atomic E-state index is -0.757. The van der Waals surface area contributed by atoms with Crippen LogP contribution in [0.3, 0.4) is 0 Å². The van der Waals surface area contributed by atoms with Crippen molar-refractivity contribution in [1.82, 2.24) is 0 Å². The van der Waals surface area contributed by atoms with E-state index in [1.54, 1.807) is 0 Å². The Bertz CT molecular complexity index is 317. The van der Waals surface area contributed by atoms with Crippen molar-refractivity contribution in [1.29, 1.82) is 0 Å². The van der Waals surface area contributed by atoms with Gasteiger partial charge in [0.15, 0.2) is 0 Å². The van der Waals surface area contributed by atoms with E-state index in [0.717, 1.165) is 25.5 Å². The second kappa shape index (κ2) is 7.01. The van der Waals surface area contributed by atoms with Crippen LogP contribution in [0.15, 0.2) is 0 Å². The molecule has 0 aromatic heterocycles. The lowest BCUT2D eigenvalue weighted by Gasteiger charge is -2.26. The monoisotopic (exact) mass is 270 g/mol. The van der Waals surface area contributed by atoms with E-state index in [4.69, 9.17) is 14.6 Å². The number of fused-ring (bicyclic) bond motifs is 2. The maximum atomic E-state index is 10.7. The molecule has 0 aromatic carbocycles. The van der Waals surface area contributed by atoms with Gasteiger partial charge in [0.25, 0.3) is 0 Å². The first-order chi connectivity index (χ1) is 9.22. The third-order valence-corrected chi connectivity index (χ3v) is 4.20. The molecule has 2 rings (SSSR count). The van der Waals surface area contributed by atoms with Gasteiger partial charge in [-0.1, -0.05) is 0 Å². The molecule has 0 amide bonds. The summed E-state index contributed by atoms with van der Waals surface area (Å²) < 4.78 is 11.5. The van der Waals surface area contributed by atoms with Crippen LogP contribution in [0.4, 0.5) is 0 Å². The number of aliphatic carboxylic acids is 1. The van der Waals surface area contributed by atoms with Crippen LogP contribution in [0.25, 0.3) is 0 Å². The summed E-state index contributed by atoms with van der Waals surface area (Å²) in [4.78, 5) is 21.1. The average molecular weight is 270 g/mol. The van der Waals surface area contributed by atoms with Crippen molar-refractivity contribution < 1.29 is 24.2 Å². The first-order valence-corrected chi connectivity index (χ1v) is 7.11. The van der Waals surface area contributed by atoms with E-state index in [9.17, 15) is 9.59 Å². The summed E-state index contributed by atoms with van der Waals surface area (Å²) in [6.07, 6.45) is 5.82. The van der Waals surface area contributed by atoms with Crippen molar-refractivity contribution in [3.8, 4) is 0 Å². The molecule has 0 spiro atoms. The Balaban J connectivity index is 1.64. The van der Waals surface area contributed by atoms with Crippen LogP contribution in [0.1, 0.15) is 38.5 Å². The van der Waals surface area contributed by atoms with Gasteiger partial charge in [0, 0.05) is 25.4 Å². The van der Waals surface area contributed by atoms with Crippen molar-refractivity contribution in [2.45, 2.75) is 50.7 Å². The predicted octanol–water partition coefficient (Wildman–Crippen LogP) is 1.64. The zero-order valence-electron chi connectivity index (χ0n) is 11.1.